The topological polar surface area (TPSA) is 29.5 Å². The fraction of sp³-hybridized carbons (Fsp3) is 1.00. The zero-order chi connectivity index (χ0) is 10.4. The molecule has 0 radical (unpaired) electrons. The van der Waals surface area contributed by atoms with Gasteiger partial charge < -0.3 is 9.84 Å². The van der Waals surface area contributed by atoms with Gasteiger partial charge in [-0.25, -0.2) is 0 Å². The van der Waals surface area contributed by atoms with Crippen LogP contribution in [0.5, 0.6) is 0 Å². The SMILES string of the molecule is CCC(C)C(O)COCC1CCCC1. The van der Waals surface area contributed by atoms with Gasteiger partial charge in [0.15, 0.2) is 0 Å². The van der Waals surface area contributed by atoms with Crippen molar-refractivity contribution in [2.24, 2.45) is 11.8 Å². The molecule has 1 aliphatic carbocycles. The highest BCUT2D eigenvalue weighted by Gasteiger charge is 2.17. The lowest BCUT2D eigenvalue weighted by Crippen LogP contribution is -2.24. The number of aliphatic hydroxyl groups is 1. The van der Waals surface area contributed by atoms with Gasteiger partial charge in [-0.2, -0.15) is 0 Å². The molecule has 84 valence electrons. The average molecular weight is 200 g/mol. The van der Waals surface area contributed by atoms with Gasteiger partial charge in [0.1, 0.15) is 0 Å². The van der Waals surface area contributed by atoms with E-state index in [2.05, 4.69) is 13.8 Å². The van der Waals surface area contributed by atoms with Crippen LogP contribution in [-0.4, -0.2) is 24.4 Å². The van der Waals surface area contributed by atoms with Crippen molar-refractivity contribution < 1.29 is 9.84 Å². The molecule has 14 heavy (non-hydrogen) atoms. The number of hydrogen-bond donors (Lipinski definition) is 1. The Bertz CT molecular complexity index is 141. The number of hydrogen-bond acceptors (Lipinski definition) is 2. The summed E-state index contributed by atoms with van der Waals surface area (Å²) in [5.41, 5.74) is 0. The summed E-state index contributed by atoms with van der Waals surface area (Å²) in [7, 11) is 0. The molecule has 0 aliphatic heterocycles. The average Bonchev–Trinajstić information content (AvgIpc) is 2.69. The highest BCUT2D eigenvalue weighted by atomic mass is 16.5. The summed E-state index contributed by atoms with van der Waals surface area (Å²) < 4.78 is 5.55. The molecule has 0 spiro atoms. The third kappa shape index (κ3) is 3.97. The molecule has 0 heterocycles. The Hall–Kier alpha value is -0.0800. The molecule has 0 aromatic carbocycles. The monoisotopic (exact) mass is 200 g/mol. The van der Waals surface area contributed by atoms with Crippen LogP contribution in [0.3, 0.4) is 0 Å². The fourth-order valence-corrected chi connectivity index (χ4v) is 1.97. The Morgan fingerprint density at radius 3 is 2.57 bits per heavy atom. The molecule has 0 bridgehead atoms. The molecule has 0 amide bonds. The lowest BCUT2D eigenvalue weighted by molar-refractivity contribution is -0.00295. The number of ether oxygens (including phenoxy) is 1. The molecule has 1 rings (SSSR count). The summed E-state index contributed by atoms with van der Waals surface area (Å²) in [5, 5.41) is 9.67. The van der Waals surface area contributed by atoms with Crippen LogP contribution in [0, 0.1) is 11.8 Å². The molecular formula is C12H24O2. The van der Waals surface area contributed by atoms with E-state index >= 15 is 0 Å². The number of rotatable bonds is 6. The van der Waals surface area contributed by atoms with Crippen LogP contribution >= 0.6 is 0 Å². The summed E-state index contributed by atoms with van der Waals surface area (Å²) >= 11 is 0. The molecule has 0 saturated heterocycles. The van der Waals surface area contributed by atoms with Gasteiger partial charge >= 0.3 is 0 Å². The van der Waals surface area contributed by atoms with Gasteiger partial charge in [0.2, 0.25) is 0 Å². The van der Waals surface area contributed by atoms with Crippen LogP contribution in [0.2, 0.25) is 0 Å². The minimum atomic E-state index is -0.276. The Balaban J connectivity index is 2.02. The van der Waals surface area contributed by atoms with Gasteiger partial charge in [-0.05, 0) is 24.7 Å². The largest absolute Gasteiger partial charge is 0.390 e. The molecule has 2 unspecified atom stereocenters. The maximum Gasteiger partial charge on any atom is 0.0799 e. The fourth-order valence-electron chi connectivity index (χ4n) is 1.97. The first-order valence-electron chi connectivity index (χ1n) is 5.99. The molecule has 1 aliphatic rings. The van der Waals surface area contributed by atoms with Crippen LogP contribution in [0.25, 0.3) is 0 Å². The van der Waals surface area contributed by atoms with Crippen molar-refractivity contribution in [1.82, 2.24) is 0 Å². The van der Waals surface area contributed by atoms with Gasteiger partial charge in [-0.1, -0.05) is 33.1 Å². The second-order valence-corrected chi connectivity index (χ2v) is 4.64. The van der Waals surface area contributed by atoms with Crippen molar-refractivity contribution in [1.29, 1.82) is 0 Å². The van der Waals surface area contributed by atoms with Gasteiger partial charge in [0.05, 0.1) is 12.7 Å². The van der Waals surface area contributed by atoms with Crippen LogP contribution in [0.15, 0.2) is 0 Å². The van der Waals surface area contributed by atoms with E-state index in [1.165, 1.54) is 25.7 Å². The van der Waals surface area contributed by atoms with E-state index in [1.807, 2.05) is 0 Å². The lowest BCUT2D eigenvalue weighted by atomic mass is 10.0. The molecule has 0 aromatic heterocycles. The summed E-state index contributed by atoms with van der Waals surface area (Å²) in [5.74, 6) is 1.12. The lowest BCUT2D eigenvalue weighted by Gasteiger charge is -2.18. The van der Waals surface area contributed by atoms with Crippen molar-refractivity contribution in [2.45, 2.75) is 52.1 Å². The first kappa shape index (κ1) is 12.0. The van der Waals surface area contributed by atoms with E-state index in [9.17, 15) is 5.11 Å². The quantitative estimate of drug-likeness (QED) is 0.714. The summed E-state index contributed by atoms with van der Waals surface area (Å²) in [6.07, 6.45) is 6.11. The maximum atomic E-state index is 9.67. The first-order valence-corrected chi connectivity index (χ1v) is 5.99. The minimum Gasteiger partial charge on any atom is -0.390 e. The van der Waals surface area contributed by atoms with E-state index in [4.69, 9.17) is 4.74 Å². The van der Waals surface area contributed by atoms with Crippen LogP contribution in [0.1, 0.15) is 46.0 Å². The molecule has 2 atom stereocenters. The molecule has 2 nitrogen and oxygen atoms in total. The van der Waals surface area contributed by atoms with E-state index in [0.29, 0.717) is 12.5 Å². The summed E-state index contributed by atoms with van der Waals surface area (Å²) in [6.45, 7) is 5.55. The van der Waals surface area contributed by atoms with Crippen LogP contribution < -0.4 is 0 Å². The smallest absolute Gasteiger partial charge is 0.0799 e. The molecular weight excluding hydrogens is 176 g/mol. The van der Waals surface area contributed by atoms with Crippen LogP contribution in [-0.2, 0) is 4.74 Å². The Morgan fingerprint density at radius 1 is 1.36 bits per heavy atom. The normalized spacial score (nSPS) is 22.5. The Kier molecular flexibility index (Phi) is 5.49. The Morgan fingerprint density at radius 2 is 2.00 bits per heavy atom. The minimum absolute atomic E-state index is 0.276. The second-order valence-electron chi connectivity index (χ2n) is 4.64. The first-order chi connectivity index (χ1) is 6.74. The molecule has 1 saturated carbocycles. The highest BCUT2D eigenvalue weighted by molar-refractivity contribution is 4.67. The third-order valence-electron chi connectivity index (χ3n) is 3.42. The highest BCUT2D eigenvalue weighted by Crippen LogP contribution is 2.24. The molecule has 2 heteroatoms. The molecule has 0 aromatic rings. The van der Waals surface area contributed by atoms with Crippen LogP contribution in [0.4, 0.5) is 0 Å². The van der Waals surface area contributed by atoms with E-state index in [-0.39, 0.29) is 6.10 Å². The predicted octanol–water partition coefficient (Wildman–Crippen LogP) is 2.60. The molecule has 1 fully saturated rings. The van der Waals surface area contributed by atoms with Gasteiger partial charge in [-0.15, -0.1) is 0 Å². The zero-order valence-electron chi connectivity index (χ0n) is 9.54. The number of aliphatic hydroxyl groups excluding tert-OH is 1. The van der Waals surface area contributed by atoms with E-state index < -0.39 is 0 Å². The Labute approximate surface area is 87.7 Å². The van der Waals surface area contributed by atoms with Crippen molar-refractivity contribution in [2.75, 3.05) is 13.2 Å². The zero-order valence-corrected chi connectivity index (χ0v) is 9.54. The second kappa shape index (κ2) is 6.41. The van der Waals surface area contributed by atoms with Gasteiger partial charge in [0.25, 0.3) is 0 Å². The van der Waals surface area contributed by atoms with Crippen molar-refractivity contribution in [3.05, 3.63) is 0 Å². The van der Waals surface area contributed by atoms with Crippen molar-refractivity contribution in [3.63, 3.8) is 0 Å². The third-order valence-corrected chi connectivity index (χ3v) is 3.42. The van der Waals surface area contributed by atoms with E-state index in [1.54, 1.807) is 0 Å². The van der Waals surface area contributed by atoms with Crippen molar-refractivity contribution in [3.8, 4) is 0 Å². The van der Waals surface area contributed by atoms with E-state index in [0.717, 1.165) is 18.9 Å². The van der Waals surface area contributed by atoms with Gasteiger partial charge in [0, 0.05) is 6.61 Å². The molecule has 1 N–H and O–H groups in total. The van der Waals surface area contributed by atoms with Crippen molar-refractivity contribution >= 4 is 0 Å². The predicted molar refractivity (Wildman–Crippen MR) is 58.2 cm³/mol. The standard InChI is InChI=1S/C12H24O2/c1-3-10(2)12(13)9-14-8-11-6-4-5-7-11/h10-13H,3-9H2,1-2H3. The summed E-state index contributed by atoms with van der Waals surface area (Å²) in [4.78, 5) is 0. The van der Waals surface area contributed by atoms with Gasteiger partial charge in [-0.3, -0.25) is 0 Å². The maximum absolute atomic E-state index is 9.67. The summed E-state index contributed by atoms with van der Waals surface area (Å²) in [6, 6.07) is 0.